The molecule has 1 unspecified atom stereocenters. The van der Waals surface area contributed by atoms with E-state index in [1.54, 1.807) is 12.1 Å². The second-order valence-corrected chi connectivity index (χ2v) is 9.65. The summed E-state index contributed by atoms with van der Waals surface area (Å²) in [6, 6.07) is 14.1. The molecular formula is C25H26AsFN6O2. The normalized spacial score (nSPS) is 13.9. The number of fused-ring (bicyclic) bond motifs is 1. The molecule has 35 heavy (non-hydrogen) atoms. The van der Waals surface area contributed by atoms with Crippen LogP contribution in [0.3, 0.4) is 0 Å². The first-order chi connectivity index (χ1) is 16.9. The Labute approximate surface area is 211 Å². The van der Waals surface area contributed by atoms with Crippen molar-refractivity contribution in [3.63, 3.8) is 0 Å². The van der Waals surface area contributed by atoms with Gasteiger partial charge in [0.15, 0.2) is 0 Å². The van der Waals surface area contributed by atoms with Crippen LogP contribution in [-0.2, 0) is 12.8 Å². The van der Waals surface area contributed by atoms with E-state index in [9.17, 15) is 9.18 Å². The number of nitrogens with one attached hydrogen (secondary N) is 1. The zero-order valence-corrected chi connectivity index (χ0v) is 21.8. The third-order valence-corrected chi connectivity index (χ3v) is 6.52. The van der Waals surface area contributed by atoms with Crippen LogP contribution in [0.5, 0.6) is 0 Å². The van der Waals surface area contributed by atoms with Crippen molar-refractivity contribution in [3.05, 3.63) is 71.4 Å². The fraction of sp³-hybridized carbons (Fsp3) is 0.280. The van der Waals surface area contributed by atoms with E-state index in [1.165, 1.54) is 29.0 Å². The summed E-state index contributed by atoms with van der Waals surface area (Å²) in [5.41, 5.74) is 4.02. The van der Waals surface area contributed by atoms with Crippen LogP contribution in [0.15, 0.2) is 52.9 Å². The van der Waals surface area contributed by atoms with Crippen LogP contribution in [-0.4, -0.2) is 68.9 Å². The number of hydrogen-bond donors (Lipinski definition) is 1. The molecule has 1 saturated heterocycles. The van der Waals surface area contributed by atoms with Gasteiger partial charge in [-0.25, -0.2) is 0 Å². The van der Waals surface area contributed by atoms with Crippen molar-refractivity contribution in [2.75, 3.05) is 36.4 Å². The Bertz CT molecular complexity index is 1350. The molecule has 2 aromatic heterocycles. The predicted octanol–water partition coefficient (Wildman–Crippen LogP) is 2.46. The van der Waals surface area contributed by atoms with Gasteiger partial charge < -0.3 is 0 Å². The summed E-state index contributed by atoms with van der Waals surface area (Å²) in [5.74, 6) is 1.07. The number of carbonyl (C=O) groups is 1. The quantitative estimate of drug-likeness (QED) is 0.395. The molecule has 180 valence electrons. The number of amides is 2. The molecule has 4 aromatic rings. The molecule has 1 aliphatic heterocycles. The van der Waals surface area contributed by atoms with E-state index >= 15 is 0 Å². The molecule has 2 aromatic carbocycles. The van der Waals surface area contributed by atoms with Gasteiger partial charge in [-0.3, -0.25) is 0 Å². The van der Waals surface area contributed by atoms with E-state index in [2.05, 4.69) is 25.2 Å². The van der Waals surface area contributed by atoms with Crippen molar-refractivity contribution in [2.24, 2.45) is 0 Å². The van der Waals surface area contributed by atoms with Crippen molar-refractivity contribution in [2.45, 2.75) is 19.8 Å². The van der Waals surface area contributed by atoms with Crippen LogP contribution < -0.4 is 14.8 Å². The average Bonchev–Trinajstić information content (AvgIpc) is 3.26. The maximum atomic E-state index is 13.2. The molecule has 10 heteroatoms. The SMILES string of the molecule is Cc1cccc(NC(=O)N2CCN(c3nc([AsH2])nc4oc(CCc5ccc(F)cc5)nc34)CC2)c1. The monoisotopic (exact) mass is 536 g/mol. The molecule has 1 atom stereocenters. The van der Waals surface area contributed by atoms with Gasteiger partial charge in [-0.15, -0.1) is 0 Å². The fourth-order valence-electron chi connectivity index (χ4n) is 4.14. The average molecular weight is 536 g/mol. The Morgan fingerprint density at radius 2 is 1.83 bits per heavy atom. The summed E-state index contributed by atoms with van der Waals surface area (Å²) in [6.45, 7) is 4.42. The van der Waals surface area contributed by atoms with Gasteiger partial charge in [-0.1, -0.05) is 6.07 Å². The number of rotatable bonds is 5. The van der Waals surface area contributed by atoms with Crippen molar-refractivity contribution in [3.8, 4) is 0 Å². The number of piperazine rings is 1. The predicted molar refractivity (Wildman–Crippen MR) is 136 cm³/mol. The summed E-state index contributed by atoms with van der Waals surface area (Å²) in [5, 5.41) is 2.98. The summed E-state index contributed by atoms with van der Waals surface area (Å²) in [6.07, 6.45) is 1.27. The van der Waals surface area contributed by atoms with Gasteiger partial charge in [0.25, 0.3) is 0 Å². The number of oxazole rings is 1. The first-order valence-electron chi connectivity index (χ1n) is 11.5. The van der Waals surface area contributed by atoms with E-state index in [0.29, 0.717) is 60.8 Å². The molecule has 3 heterocycles. The fourth-order valence-corrected chi connectivity index (χ4v) is 4.65. The Morgan fingerprint density at radius 3 is 2.57 bits per heavy atom. The van der Waals surface area contributed by atoms with E-state index in [1.807, 2.05) is 36.1 Å². The van der Waals surface area contributed by atoms with Crippen LogP contribution >= 0.6 is 0 Å². The molecule has 8 nitrogen and oxygen atoms in total. The zero-order valence-electron chi connectivity index (χ0n) is 19.4. The van der Waals surface area contributed by atoms with E-state index in [4.69, 9.17) is 4.42 Å². The number of urea groups is 1. The van der Waals surface area contributed by atoms with Gasteiger partial charge in [-0.2, -0.15) is 0 Å². The van der Waals surface area contributed by atoms with Gasteiger partial charge in [0, 0.05) is 0 Å². The molecule has 5 rings (SSSR count). The number of aryl methyl sites for hydroxylation is 3. The van der Waals surface area contributed by atoms with Crippen molar-refractivity contribution in [1.29, 1.82) is 0 Å². The topological polar surface area (TPSA) is 87.4 Å². The Balaban J connectivity index is 1.26. The number of carbonyl (C=O) groups excluding carboxylic acids is 1. The van der Waals surface area contributed by atoms with Gasteiger partial charge in [0.2, 0.25) is 0 Å². The molecule has 1 aliphatic rings. The molecule has 2 amide bonds. The number of anilines is 2. The molecule has 0 saturated carbocycles. The first kappa shape index (κ1) is 23.3. The van der Waals surface area contributed by atoms with Gasteiger partial charge in [0.1, 0.15) is 0 Å². The third-order valence-electron chi connectivity index (χ3n) is 5.98. The first-order valence-corrected chi connectivity index (χ1v) is 12.7. The number of halogens is 1. The zero-order chi connectivity index (χ0) is 24.4. The van der Waals surface area contributed by atoms with Gasteiger partial charge >= 0.3 is 198 Å². The second kappa shape index (κ2) is 10.0. The van der Waals surface area contributed by atoms with E-state index in [-0.39, 0.29) is 11.8 Å². The minimum atomic E-state index is -0.249. The molecular weight excluding hydrogens is 510 g/mol. The van der Waals surface area contributed by atoms with Gasteiger partial charge in [-0.05, 0) is 6.92 Å². The molecule has 0 aliphatic carbocycles. The number of aromatic nitrogens is 3. The summed E-state index contributed by atoms with van der Waals surface area (Å²) >= 11 is 1.31. The number of nitrogens with zero attached hydrogens (tertiary/aromatic N) is 5. The van der Waals surface area contributed by atoms with E-state index < -0.39 is 0 Å². The standard InChI is InChI=1S/C25H26AsFN6O2/c1-16-3-2-4-19(15-16)28-25(34)33-13-11-32(12-14-33)22-21-23(31-24(26)30-22)35-20(29-21)10-7-17-5-8-18(27)9-6-17/h2-6,8-9,15H,7,10-14,26H2,1H3,(H,28,34). The van der Waals surface area contributed by atoms with Crippen LogP contribution in [0.1, 0.15) is 17.0 Å². The molecule has 0 radical (unpaired) electrons. The molecule has 1 N–H and O–H groups in total. The van der Waals surface area contributed by atoms with Crippen molar-refractivity contribution < 1.29 is 13.6 Å². The molecule has 1 fully saturated rings. The van der Waals surface area contributed by atoms with Crippen molar-refractivity contribution in [1.82, 2.24) is 19.9 Å². The summed E-state index contributed by atoms with van der Waals surface area (Å²) < 4.78 is 19.8. The minimum absolute atomic E-state index is 0.105. The number of hydrogen-bond acceptors (Lipinski definition) is 6. The van der Waals surface area contributed by atoms with Gasteiger partial charge in [0.05, 0.1) is 0 Å². The van der Waals surface area contributed by atoms with E-state index in [0.717, 1.165) is 22.6 Å². The molecule has 0 bridgehead atoms. The molecule has 0 spiro atoms. The Morgan fingerprint density at radius 1 is 1.06 bits per heavy atom. The second-order valence-electron chi connectivity index (χ2n) is 8.57. The van der Waals surface area contributed by atoms with Crippen LogP contribution in [0, 0.1) is 12.7 Å². The summed E-state index contributed by atoms with van der Waals surface area (Å²) in [4.78, 5) is 30.5. The Hall–Kier alpha value is -3.45. The summed E-state index contributed by atoms with van der Waals surface area (Å²) in [7, 11) is 0. The van der Waals surface area contributed by atoms with Crippen LogP contribution in [0.2, 0.25) is 0 Å². The van der Waals surface area contributed by atoms with Crippen molar-refractivity contribution >= 4 is 50.2 Å². The van der Waals surface area contributed by atoms with Crippen LogP contribution in [0.25, 0.3) is 11.2 Å². The Kier molecular flexibility index (Phi) is 6.68. The maximum absolute atomic E-state index is 13.2. The number of benzene rings is 2. The van der Waals surface area contributed by atoms with Crippen LogP contribution in [0.4, 0.5) is 20.7 Å². The third kappa shape index (κ3) is 5.46.